The summed E-state index contributed by atoms with van der Waals surface area (Å²) in [6.07, 6.45) is 0.603. The second-order valence-electron chi connectivity index (χ2n) is 4.24. The van der Waals surface area contributed by atoms with E-state index in [0.717, 1.165) is 15.7 Å². The Hall–Kier alpha value is -0.870. The van der Waals surface area contributed by atoms with Crippen molar-refractivity contribution in [1.82, 2.24) is 0 Å². The maximum atomic E-state index is 11.8. The number of hydrogen-bond donors (Lipinski definition) is 2. The zero-order chi connectivity index (χ0) is 12.3. The lowest BCUT2D eigenvalue weighted by atomic mass is 9.99. The monoisotopic (exact) mass is 284 g/mol. The van der Waals surface area contributed by atoms with Gasteiger partial charge in [0.15, 0.2) is 0 Å². The van der Waals surface area contributed by atoms with Gasteiger partial charge in [-0.2, -0.15) is 0 Å². The highest BCUT2D eigenvalue weighted by molar-refractivity contribution is 9.10. The molecule has 16 heavy (non-hydrogen) atoms. The lowest BCUT2D eigenvalue weighted by molar-refractivity contribution is -0.120. The summed E-state index contributed by atoms with van der Waals surface area (Å²) >= 11 is 3.39. The lowest BCUT2D eigenvalue weighted by Crippen LogP contribution is -2.47. The van der Waals surface area contributed by atoms with Crippen LogP contribution in [0, 0.1) is 6.92 Å². The number of carbonyl (C=O) groups excluding carboxylic acids is 1. The lowest BCUT2D eigenvalue weighted by Gasteiger charge is -2.21. The number of anilines is 1. The van der Waals surface area contributed by atoms with Crippen LogP contribution in [-0.2, 0) is 4.79 Å². The van der Waals surface area contributed by atoms with Crippen LogP contribution in [0.5, 0.6) is 0 Å². The summed E-state index contributed by atoms with van der Waals surface area (Å²) in [5.41, 5.74) is 6.89. The van der Waals surface area contributed by atoms with Crippen molar-refractivity contribution < 1.29 is 4.79 Å². The average Bonchev–Trinajstić information content (AvgIpc) is 2.15. The van der Waals surface area contributed by atoms with Gasteiger partial charge in [0.25, 0.3) is 0 Å². The Labute approximate surface area is 105 Å². The first-order chi connectivity index (χ1) is 7.35. The van der Waals surface area contributed by atoms with Crippen LogP contribution in [0.1, 0.15) is 25.8 Å². The molecule has 3 nitrogen and oxygen atoms in total. The fraction of sp³-hybridized carbons (Fsp3) is 0.417. The Balaban J connectivity index is 2.85. The van der Waals surface area contributed by atoms with E-state index in [9.17, 15) is 4.79 Å². The highest BCUT2D eigenvalue weighted by atomic mass is 79.9. The van der Waals surface area contributed by atoms with Crippen molar-refractivity contribution in [3.8, 4) is 0 Å². The molecule has 88 valence electrons. The van der Waals surface area contributed by atoms with Gasteiger partial charge >= 0.3 is 0 Å². The predicted octanol–water partition coefficient (Wildman–Crippen LogP) is 2.82. The third-order valence-corrected chi connectivity index (χ3v) is 3.01. The van der Waals surface area contributed by atoms with Gasteiger partial charge in [-0.25, -0.2) is 0 Å². The molecule has 0 aromatic heterocycles. The molecule has 0 radical (unpaired) electrons. The van der Waals surface area contributed by atoms with Gasteiger partial charge in [0.05, 0.1) is 5.54 Å². The first kappa shape index (κ1) is 13.2. The number of carbonyl (C=O) groups is 1. The normalized spacial score (nSPS) is 14.3. The van der Waals surface area contributed by atoms with Gasteiger partial charge in [0.2, 0.25) is 5.91 Å². The van der Waals surface area contributed by atoms with Crippen LogP contribution in [0.3, 0.4) is 0 Å². The number of nitrogens with one attached hydrogen (secondary N) is 1. The van der Waals surface area contributed by atoms with Crippen molar-refractivity contribution in [3.05, 3.63) is 28.2 Å². The molecule has 0 heterocycles. The zero-order valence-electron chi connectivity index (χ0n) is 9.80. The first-order valence-electron chi connectivity index (χ1n) is 5.22. The Kier molecular flexibility index (Phi) is 4.10. The highest BCUT2D eigenvalue weighted by Gasteiger charge is 2.25. The molecule has 1 atom stereocenters. The third kappa shape index (κ3) is 3.32. The predicted molar refractivity (Wildman–Crippen MR) is 70.4 cm³/mol. The highest BCUT2D eigenvalue weighted by Crippen LogP contribution is 2.20. The van der Waals surface area contributed by atoms with Crippen molar-refractivity contribution in [3.63, 3.8) is 0 Å². The Morgan fingerprint density at radius 3 is 2.62 bits per heavy atom. The topological polar surface area (TPSA) is 55.1 Å². The van der Waals surface area contributed by atoms with Crippen LogP contribution in [0.15, 0.2) is 22.7 Å². The molecule has 0 fully saturated rings. The van der Waals surface area contributed by atoms with Gasteiger partial charge in [-0.1, -0.05) is 22.9 Å². The van der Waals surface area contributed by atoms with Crippen molar-refractivity contribution in [2.75, 3.05) is 5.32 Å². The van der Waals surface area contributed by atoms with Crippen LogP contribution in [0.2, 0.25) is 0 Å². The molecule has 1 rings (SSSR count). The standard InChI is InChI=1S/C12H17BrN2O/c1-4-12(3,14)11(16)15-10-6-8(2)5-9(13)7-10/h5-7H,4,14H2,1-3H3,(H,15,16). The molecule has 1 aromatic rings. The molecule has 1 amide bonds. The molecular weight excluding hydrogens is 268 g/mol. The van der Waals surface area contributed by atoms with E-state index in [1.54, 1.807) is 6.92 Å². The Morgan fingerprint density at radius 1 is 1.50 bits per heavy atom. The van der Waals surface area contributed by atoms with Crippen LogP contribution in [-0.4, -0.2) is 11.4 Å². The molecule has 0 bridgehead atoms. The SMILES string of the molecule is CCC(C)(N)C(=O)Nc1cc(C)cc(Br)c1. The van der Waals surface area contributed by atoms with E-state index in [1.165, 1.54) is 0 Å². The minimum absolute atomic E-state index is 0.160. The van der Waals surface area contributed by atoms with E-state index in [0.29, 0.717) is 6.42 Å². The molecular formula is C12H17BrN2O. The fourth-order valence-electron chi connectivity index (χ4n) is 1.24. The summed E-state index contributed by atoms with van der Waals surface area (Å²) in [5, 5.41) is 2.82. The molecule has 0 spiro atoms. The number of benzene rings is 1. The second-order valence-corrected chi connectivity index (χ2v) is 5.16. The molecule has 3 N–H and O–H groups in total. The average molecular weight is 285 g/mol. The van der Waals surface area contributed by atoms with E-state index < -0.39 is 5.54 Å². The number of hydrogen-bond acceptors (Lipinski definition) is 2. The van der Waals surface area contributed by atoms with Crippen LogP contribution in [0.4, 0.5) is 5.69 Å². The molecule has 0 aliphatic carbocycles. The maximum Gasteiger partial charge on any atom is 0.244 e. The summed E-state index contributed by atoms with van der Waals surface area (Å²) in [6.45, 7) is 5.60. The minimum Gasteiger partial charge on any atom is -0.324 e. The van der Waals surface area contributed by atoms with Gasteiger partial charge in [-0.3, -0.25) is 4.79 Å². The van der Waals surface area contributed by atoms with Crippen LogP contribution < -0.4 is 11.1 Å². The quantitative estimate of drug-likeness (QED) is 0.897. The molecule has 4 heteroatoms. The van der Waals surface area contributed by atoms with Crippen molar-refractivity contribution in [2.45, 2.75) is 32.7 Å². The number of aryl methyl sites for hydroxylation is 1. The molecule has 0 saturated carbocycles. The number of rotatable bonds is 3. The van der Waals surface area contributed by atoms with E-state index in [2.05, 4.69) is 21.2 Å². The zero-order valence-corrected chi connectivity index (χ0v) is 11.4. The number of nitrogens with two attached hydrogens (primary N) is 1. The number of halogens is 1. The minimum atomic E-state index is -0.823. The third-order valence-electron chi connectivity index (χ3n) is 2.55. The molecule has 1 aromatic carbocycles. The Bertz CT molecular complexity index is 382. The summed E-state index contributed by atoms with van der Waals surface area (Å²) in [5.74, 6) is -0.160. The van der Waals surface area contributed by atoms with E-state index in [4.69, 9.17) is 5.73 Å². The Morgan fingerprint density at radius 2 is 2.12 bits per heavy atom. The van der Waals surface area contributed by atoms with E-state index in [1.807, 2.05) is 32.0 Å². The summed E-state index contributed by atoms with van der Waals surface area (Å²) in [7, 11) is 0. The number of amides is 1. The van der Waals surface area contributed by atoms with Crippen molar-refractivity contribution in [2.24, 2.45) is 5.73 Å². The van der Waals surface area contributed by atoms with E-state index >= 15 is 0 Å². The molecule has 0 aliphatic heterocycles. The van der Waals surface area contributed by atoms with Gasteiger partial charge in [-0.15, -0.1) is 0 Å². The second kappa shape index (κ2) is 4.97. The van der Waals surface area contributed by atoms with Gasteiger partial charge in [0, 0.05) is 10.2 Å². The van der Waals surface area contributed by atoms with Gasteiger partial charge in [-0.05, 0) is 44.0 Å². The summed E-state index contributed by atoms with van der Waals surface area (Å²) in [6, 6.07) is 5.75. The summed E-state index contributed by atoms with van der Waals surface area (Å²) < 4.78 is 0.943. The smallest absolute Gasteiger partial charge is 0.244 e. The van der Waals surface area contributed by atoms with Crippen molar-refractivity contribution >= 4 is 27.5 Å². The van der Waals surface area contributed by atoms with E-state index in [-0.39, 0.29) is 5.91 Å². The summed E-state index contributed by atoms with van der Waals surface area (Å²) in [4.78, 5) is 11.8. The van der Waals surface area contributed by atoms with Gasteiger partial charge < -0.3 is 11.1 Å². The van der Waals surface area contributed by atoms with Gasteiger partial charge in [0.1, 0.15) is 0 Å². The molecule has 1 unspecified atom stereocenters. The molecule has 0 aliphatic rings. The fourth-order valence-corrected chi connectivity index (χ4v) is 1.85. The largest absolute Gasteiger partial charge is 0.324 e. The molecule has 0 saturated heterocycles. The maximum absolute atomic E-state index is 11.8. The first-order valence-corrected chi connectivity index (χ1v) is 6.02. The van der Waals surface area contributed by atoms with Crippen molar-refractivity contribution in [1.29, 1.82) is 0 Å². The van der Waals surface area contributed by atoms with Crippen LogP contribution in [0.25, 0.3) is 0 Å². The van der Waals surface area contributed by atoms with Crippen LogP contribution >= 0.6 is 15.9 Å².